The fraction of sp³-hybridized carbons (Fsp3) is 0.0909. The minimum absolute atomic E-state index is 0.178. The Hall–Kier alpha value is -2.70. The van der Waals surface area contributed by atoms with Crippen LogP contribution >= 0.6 is 0 Å². The van der Waals surface area contributed by atoms with Crippen molar-refractivity contribution < 1.29 is 19.1 Å². The summed E-state index contributed by atoms with van der Waals surface area (Å²) in [7, 11) is 0. The molecule has 4 N–H and O–H groups in total. The van der Waals surface area contributed by atoms with Crippen LogP contribution < -0.4 is 26.1 Å². The average molecular weight is 249 g/mol. The van der Waals surface area contributed by atoms with Crippen molar-refractivity contribution in [3.63, 3.8) is 0 Å². The van der Waals surface area contributed by atoms with Gasteiger partial charge in [-0.15, -0.1) is 0 Å². The summed E-state index contributed by atoms with van der Waals surface area (Å²) >= 11 is 0. The predicted octanol–water partition coefficient (Wildman–Crippen LogP) is -0.508. The normalized spacial score (nSPS) is 11.8. The molecule has 0 saturated heterocycles. The molecule has 1 aromatic rings. The van der Waals surface area contributed by atoms with Gasteiger partial charge >= 0.3 is 11.8 Å². The van der Waals surface area contributed by atoms with Crippen LogP contribution in [0.5, 0.6) is 11.5 Å². The molecule has 0 aromatic heterocycles. The molecule has 0 saturated carbocycles. The van der Waals surface area contributed by atoms with Crippen LogP contribution in [-0.4, -0.2) is 18.6 Å². The molecule has 0 aliphatic carbocycles. The third-order valence-electron chi connectivity index (χ3n) is 2.27. The highest BCUT2D eigenvalue weighted by molar-refractivity contribution is 6.34. The standard InChI is InChI=1S/C11H11N3O4/c1-6(13-14-11(16)10(12)15)7-2-3-8-9(4-7)18-5-17-8/h2-4,13H,1,5H2,(H2,12,15)(H,14,16). The zero-order chi connectivity index (χ0) is 13.1. The van der Waals surface area contributed by atoms with E-state index in [4.69, 9.17) is 15.2 Å². The van der Waals surface area contributed by atoms with Gasteiger partial charge in [-0.3, -0.25) is 20.4 Å². The Morgan fingerprint density at radius 3 is 2.67 bits per heavy atom. The van der Waals surface area contributed by atoms with Gasteiger partial charge in [-0.1, -0.05) is 6.58 Å². The maximum absolute atomic E-state index is 10.9. The molecule has 1 heterocycles. The number of rotatable bonds is 3. The molecule has 7 heteroatoms. The van der Waals surface area contributed by atoms with Gasteiger partial charge in [0, 0.05) is 5.56 Å². The van der Waals surface area contributed by atoms with Crippen molar-refractivity contribution in [2.75, 3.05) is 6.79 Å². The predicted molar refractivity (Wildman–Crippen MR) is 62.1 cm³/mol. The van der Waals surface area contributed by atoms with Crippen LogP contribution in [0.15, 0.2) is 24.8 Å². The third kappa shape index (κ3) is 2.34. The number of hydrazine groups is 1. The second-order valence-electron chi connectivity index (χ2n) is 3.49. The maximum atomic E-state index is 10.9. The summed E-state index contributed by atoms with van der Waals surface area (Å²) in [4.78, 5) is 21.4. The van der Waals surface area contributed by atoms with Gasteiger partial charge < -0.3 is 15.2 Å². The summed E-state index contributed by atoms with van der Waals surface area (Å²) < 4.78 is 10.4. The van der Waals surface area contributed by atoms with Gasteiger partial charge in [0.2, 0.25) is 6.79 Å². The Morgan fingerprint density at radius 1 is 1.22 bits per heavy atom. The number of nitrogens with two attached hydrogens (primary N) is 1. The second-order valence-corrected chi connectivity index (χ2v) is 3.49. The van der Waals surface area contributed by atoms with Crippen molar-refractivity contribution in [1.82, 2.24) is 10.9 Å². The molecule has 1 aromatic carbocycles. The van der Waals surface area contributed by atoms with E-state index in [9.17, 15) is 9.59 Å². The first-order valence-corrected chi connectivity index (χ1v) is 5.02. The molecule has 0 unspecified atom stereocenters. The van der Waals surface area contributed by atoms with Crippen LogP contribution in [0.3, 0.4) is 0 Å². The summed E-state index contributed by atoms with van der Waals surface area (Å²) in [6.07, 6.45) is 0. The molecular formula is C11H11N3O4. The van der Waals surface area contributed by atoms with E-state index in [0.717, 1.165) is 0 Å². The lowest BCUT2D eigenvalue weighted by Crippen LogP contribution is -2.43. The summed E-state index contributed by atoms with van der Waals surface area (Å²) in [6, 6.07) is 5.16. The fourth-order valence-electron chi connectivity index (χ4n) is 1.35. The van der Waals surface area contributed by atoms with Crippen molar-refractivity contribution >= 4 is 17.5 Å². The van der Waals surface area contributed by atoms with Crippen molar-refractivity contribution in [1.29, 1.82) is 0 Å². The van der Waals surface area contributed by atoms with Gasteiger partial charge in [0.05, 0.1) is 5.70 Å². The van der Waals surface area contributed by atoms with Crippen LogP contribution in [0.2, 0.25) is 0 Å². The SMILES string of the molecule is C=C(NNC(=O)C(N)=O)c1ccc2c(c1)OCO2. The van der Waals surface area contributed by atoms with Crippen molar-refractivity contribution in [3.8, 4) is 11.5 Å². The molecule has 94 valence electrons. The van der Waals surface area contributed by atoms with E-state index in [0.29, 0.717) is 22.8 Å². The Morgan fingerprint density at radius 2 is 1.94 bits per heavy atom. The molecule has 7 nitrogen and oxygen atoms in total. The lowest BCUT2D eigenvalue weighted by atomic mass is 10.1. The van der Waals surface area contributed by atoms with E-state index in [2.05, 4.69) is 17.4 Å². The first-order chi connectivity index (χ1) is 8.58. The molecule has 1 aliphatic heterocycles. The number of fused-ring (bicyclic) bond motifs is 1. The van der Waals surface area contributed by atoms with Crippen molar-refractivity contribution in [2.24, 2.45) is 5.73 Å². The smallest absolute Gasteiger partial charge is 0.327 e. The summed E-state index contributed by atoms with van der Waals surface area (Å²) in [5.74, 6) is -0.790. The van der Waals surface area contributed by atoms with E-state index in [1.807, 2.05) is 0 Å². The van der Waals surface area contributed by atoms with Crippen LogP contribution in [0.25, 0.3) is 5.70 Å². The lowest BCUT2D eigenvalue weighted by molar-refractivity contribution is -0.137. The molecule has 0 atom stereocenters. The first kappa shape index (κ1) is 11.8. The van der Waals surface area contributed by atoms with Crippen molar-refractivity contribution in [3.05, 3.63) is 30.3 Å². The second kappa shape index (κ2) is 4.66. The quantitative estimate of drug-likeness (QED) is 0.494. The maximum Gasteiger partial charge on any atom is 0.327 e. The van der Waals surface area contributed by atoms with Gasteiger partial charge in [0.25, 0.3) is 0 Å². The molecule has 0 fully saturated rings. The van der Waals surface area contributed by atoms with E-state index in [1.165, 1.54) is 0 Å². The van der Waals surface area contributed by atoms with Crippen LogP contribution in [-0.2, 0) is 9.59 Å². The highest BCUT2D eigenvalue weighted by atomic mass is 16.7. The number of benzene rings is 1. The number of hydrogen-bond donors (Lipinski definition) is 3. The van der Waals surface area contributed by atoms with Gasteiger partial charge in [-0.05, 0) is 18.2 Å². The summed E-state index contributed by atoms with van der Waals surface area (Å²) in [5, 5.41) is 0. The Balaban J connectivity index is 2.01. The Bertz CT molecular complexity index is 527. The number of amides is 2. The lowest BCUT2D eigenvalue weighted by Gasteiger charge is -2.10. The fourth-order valence-corrected chi connectivity index (χ4v) is 1.35. The van der Waals surface area contributed by atoms with E-state index in [-0.39, 0.29) is 6.79 Å². The minimum atomic E-state index is -1.08. The van der Waals surface area contributed by atoms with Crippen molar-refractivity contribution in [2.45, 2.75) is 0 Å². The largest absolute Gasteiger partial charge is 0.454 e. The number of carbonyl (C=O) groups is 2. The Labute approximate surface area is 103 Å². The van der Waals surface area contributed by atoms with E-state index >= 15 is 0 Å². The van der Waals surface area contributed by atoms with Crippen LogP contribution in [0, 0.1) is 0 Å². The number of ether oxygens (including phenoxy) is 2. The van der Waals surface area contributed by atoms with Gasteiger partial charge in [0.15, 0.2) is 11.5 Å². The molecule has 0 spiro atoms. The molecule has 1 aliphatic rings. The summed E-state index contributed by atoms with van der Waals surface area (Å²) in [6.45, 7) is 3.89. The van der Waals surface area contributed by atoms with E-state index < -0.39 is 11.8 Å². The topological polar surface area (TPSA) is 103 Å². The molecule has 0 radical (unpaired) electrons. The molecule has 2 rings (SSSR count). The van der Waals surface area contributed by atoms with Gasteiger partial charge in [0.1, 0.15) is 0 Å². The number of carbonyl (C=O) groups excluding carboxylic acids is 2. The molecule has 2 amide bonds. The molecule has 18 heavy (non-hydrogen) atoms. The molecule has 0 bridgehead atoms. The minimum Gasteiger partial charge on any atom is -0.454 e. The number of primary amides is 1. The monoisotopic (exact) mass is 249 g/mol. The highest BCUT2D eigenvalue weighted by Crippen LogP contribution is 2.33. The third-order valence-corrected chi connectivity index (χ3v) is 2.27. The van der Waals surface area contributed by atoms with E-state index in [1.54, 1.807) is 18.2 Å². The van der Waals surface area contributed by atoms with Crippen LogP contribution in [0.1, 0.15) is 5.56 Å². The number of nitrogens with one attached hydrogen (secondary N) is 2. The van der Waals surface area contributed by atoms with Gasteiger partial charge in [-0.25, -0.2) is 0 Å². The highest BCUT2D eigenvalue weighted by Gasteiger charge is 2.14. The zero-order valence-electron chi connectivity index (χ0n) is 9.36. The number of hydrogen-bond acceptors (Lipinski definition) is 5. The zero-order valence-corrected chi connectivity index (χ0v) is 9.36. The van der Waals surface area contributed by atoms with Gasteiger partial charge in [-0.2, -0.15) is 0 Å². The average Bonchev–Trinajstić information content (AvgIpc) is 2.82. The van der Waals surface area contributed by atoms with Crippen LogP contribution in [0.4, 0.5) is 0 Å². The summed E-state index contributed by atoms with van der Waals surface area (Å²) in [5.41, 5.74) is 10.4. The molecular weight excluding hydrogens is 238 g/mol. The Kier molecular flexibility index (Phi) is 3.05. The first-order valence-electron chi connectivity index (χ1n) is 5.02.